The molecule has 1 aromatic carbocycles. The minimum absolute atomic E-state index is 0.628. The van der Waals surface area contributed by atoms with E-state index in [4.69, 9.17) is 0 Å². The summed E-state index contributed by atoms with van der Waals surface area (Å²) < 4.78 is 0. The van der Waals surface area contributed by atoms with Crippen molar-refractivity contribution in [1.82, 2.24) is 5.32 Å². The third-order valence-corrected chi connectivity index (χ3v) is 4.51. The summed E-state index contributed by atoms with van der Waals surface area (Å²) in [5, 5.41) is 3.72. The Morgan fingerprint density at radius 2 is 1.88 bits per heavy atom. The predicted molar refractivity (Wildman–Crippen MR) is 72.1 cm³/mol. The van der Waals surface area contributed by atoms with Crippen molar-refractivity contribution in [3.8, 4) is 0 Å². The van der Waals surface area contributed by atoms with Crippen LogP contribution in [-0.2, 0) is 6.42 Å². The minimum atomic E-state index is 0.628. The number of benzene rings is 1. The van der Waals surface area contributed by atoms with E-state index < -0.39 is 0 Å². The van der Waals surface area contributed by atoms with Crippen molar-refractivity contribution >= 4 is 0 Å². The zero-order valence-electron chi connectivity index (χ0n) is 10.6. The summed E-state index contributed by atoms with van der Waals surface area (Å²) in [5.74, 6) is 0.965. The van der Waals surface area contributed by atoms with E-state index in [0.29, 0.717) is 6.04 Å². The van der Waals surface area contributed by atoms with Gasteiger partial charge in [0.1, 0.15) is 0 Å². The van der Waals surface area contributed by atoms with Crippen molar-refractivity contribution in [2.75, 3.05) is 6.54 Å². The maximum absolute atomic E-state index is 3.72. The topological polar surface area (TPSA) is 12.0 Å². The van der Waals surface area contributed by atoms with Crippen LogP contribution in [0, 0.1) is 5.92 Å². The highest BCUT2D eigenvalue weighted by atomic mass is 14.9. The second kappa shape index (κ2) is 5.22. The average Bonchev–Trinajstić information content (AvgIpc) is 2.40. The summed E-state index contributed by atoms with van der Waals surface area (Å²) in [4.78, 5) is 0. The van der Waals surface area contributed by atoms with Gasteiger partial charge in [0, 0.05) is 6.04 Å². The third-order valence-electron chi connectivity index (χ3n) is 4.51. The minimum Gasteiger partial charge on any atom is -0.310 e. The van der Waals surface area contributed by atoms with E-state index in [-0.39, 0.29) is 0 Å². The van der Waals surface area contributed by atoms with Gasteiger partial charge in [-0.05, 0) is 36.4 Å². The maximum atomic E-state index is 3.72. The zero-order valence-corrected chi connectivity index (χ0v) is 10.6. The van der Waals surface area contributed by atoms with Crippen LogP contribution < -0.4 is 5.32 Å². The van der Waals surface area contributed by atoms with Crippen LogP contribution in [0.4, 0.5) is 0 Å². The molecule has 1 saturated carbocycles. The number of hydrogen-bond donors (Lipinski definition) is 1. The normalized spacial score (nSPS) is 25.5. The molecule has 17 heavy (non-hydrogen) atoms. The smallest absolute Gasteiger partial charge is 0.0325 e. The molecule has 0 saturated heterocycles. The Labute approximate surface area is 105 Å². The first-order valence-electron chi connectivity index (χ1n) is 7.24. The van der Waals surface area contributed by atoms with Gasteiger partial charge in [-0.3, -0.25) is 0 Å². The summed E-state index contributed by atoms with van der Waals surface area (Å²) in [5.41, 5.74) is 3.15. The van der Waals surface area contributed by atoms with Gasteiger partial charge in [0.2, 0.25) is 0 Å². The van der Waals surface area contributed by atoms with Gasteiger partial charge in [-0.25, -0.2) is 0 Å². The van der Waals surface area contributed by atoms with Crippen LogP contribution in [0.15, 0.2) is 24.3 Å². The molecule has 0 radical (unpaired) electrons. The summed E-state index contributed by atoms with van der Waals surface area (Å²) in [6, 6.07) is 9.64. The molecule has 1 nitrogen and oxygen atoms in total. The lowest BCUT2D eigenvalue weighted by atomic mass is 9.81. The van der Waals surface area contributed by atoms with Crippen LogP contribution >= 0.6 is 0 Å². The fourth-order valence-corrected chi connectivity index (χ4v) is 3.56. The maximum Gasteiger partial charge on any atom is 0.0325 e. The molecule has 1 aromatic rings. The van der Waals surface area contributed by atoms with Gasteiger partial charge in [0.25, 0.3) is 0 Å². The molecular weight excluding hydrogens is 206 g/mol. The van der Waals surface area contributed by atoms with Gasteiger partial charge in [-0.15, -0.1) is 0 Å². The second-order valence-electron chi connectivity index (χ2n) is 5.70. The highest BCUT2D eigenvalue weighted by Gasteiger charge is 2.23. The molecule has 1 heterocycles. The molecule has 92 valence electrons. The van der Waals surface area contributed by atoms with Crippen molar-refractivity contribution in [3.63, 3.8) is 0 Å². The van der Waals surface area contributed by atoms with Crippen LogP contribution in [0.3, 0.4) is 0 Å². The molecule has 1 aliphatic heterocycles. The molecule has 0 aromatic heterocycles. The van der Waals surface area contributed by atoms with Gasteiger partial charge in [0.15, 0.2) is 0 Å². The predicted octanol–water partition coefficient (Wildman–Crippen LogP) is 3.84. The molecule has 1 unspecified atom stereocenters. The Bertz CT molecular complexity index is 366. The monoisotopic (exact) mass is 229 g/mol. The van der Waals surface area contributed by atoms with Crippen LogP contribution in [0.2, 0.25) is 0 Å². The third kappa shape index (κ3) is 2.55. The SMILES string of the molecule is c1ccc2c(c1)CCNC2CC1CCCCC1. The summed E-state index contributed by atoms with van der Waals surface area (Å²) in [7, 11) is 0. The first-order valence-corrected chi connectivity index (χ1v) is 7.24. The van der Waals surface area contributed by atoms with E-state index >= 15 is 0 Å². The second-order valence-corrected chi connectivity index (χ2v) is 5.70. The Morgan fingerprint density at radius 3 is 2.76 bits per heavy atom. The summed E-state index contributed by atoms with van der Waals surface area (Å²) in [6.07, 6.45) is 9.86. The first-order chi connectivity index (χ1) is 8.43. The molecule has 1 atom stereocenters. The largest absolute Gasteiger partial charge is 0.310 e. The fraction of sp³-hybridized carbons (Fsp3) is 0.625. The first kappa shape index (κ1) is 11.3. The summed E-state index contributed by atoms with van der Waals surface area (Å²) >= 11 is 0. The van der Waals surface area contributed by atoms with Crippen molar-refractivity contribution in [2.45, 2.75) is 51.0 Å². The van der Waals surface area contributed by atoms with Gasteiger partial charge in [0.05, 0.1) is 0 Å². The molecule has 2 aliphatic rings. The molecule has 3 rings (SSSR count). The van der Waals surface area contributed by atoms with Gasteiger partial charge >= 0.3 is 0 Å². The van der Waals surface area contributed by atoms with Crippen molar-refractivity contribution in [3.05, 3.63) is 35.4 Å². The van der Waals surface area contributed by atoms with Crippen LogP contribution in [0.25, 0.3) is 0 Å². The highest BCUT2D eigenvalue weighted by Crippen LogP contribution is 2.34. The van der Waals surface area contributed by atoms with Crippen LogP contribution in [-0.4, -0.2) is 6.54 Å². The van der Waals surface area contributed by atoms with E-state index in [2.05, 4.69) is 29.6 Å². The van der Waals surface area contributed by atoms with Crippen molar-refractivity contribution < 1.29 is 0 Å². The lowest BCUT2D eigenvalue weighted by Crippen LogP contribution is -2.31. The molecule has 1 heteroatoms. The summed E-state index contributed by atoms with van der Waals surface area (Å²) in [6.45, 7) is 1.16. The lowest BCUT2D eigenvalue weighted by Gasteiger charge is -2.31. The van der Waals surface area contributed by atoms with Gasteiger partial charge in [-0.1, -0.05) is 56.4 Å². The molecule has 1 fully saturated rings. The average molecular weight is 229 g/mol. The van der Waals surface area contributed by atoms with Crippen LogP contribution in [0.5, 0.6) is 0 Å². The quantitative estimate of drug-likeness (QED) is 0.812. The standard InChI is InChI=1S/C16H23N/c1-2-6-13(7-3-1)12-16-15-9-5-4-8-14(15)10-11-17-16/h4-5,8-9,13,16-17H,1-3,6-7,10-12H2. The number of nitrogens with one attached hydrogen (secondary N) is 1. The van der Waals surface area contributed by atoms with E-state index in [1.54, 1.807) is 11.1 Å². The van der Waals surface area contributed by atoms with Crippen LogP contribution in [0.1, 0.15) is 55.7 Å². The lowest BCUT2D eigenvalue weighted by molar-refractivity contribution is 0.295. The molecule has 1 N–H and O–H groups in total. The highest BCUT2D eigenvalue weighted by molar-refractivity contribution is 5.32. The molecule has 0 amide bonds. The van der Waals surface area contributed by atoms with Crippen molar-refractivity contribution in [2.24, 2.45) is 5.92 Å². The molecular formula is C16H23N. The van der Waals surface area contributed by atoms with E-state index in [9.17, 15) is 0 Å². The van der Waals surface area contributed by atoms with Gasteiger partial charge < -0.3 is 5.32 Å². The number of rotatable bonds is 2. The molecule has 0 bridgehead atoms. The van der Waals surface area contributed by atoms with E-state index in [1.807, 2.05) is 0 Å². The Kier molecular flexibility index (Phi) is 3.46. The molecule has 1 aliphatic carbocycles. The van der Waals surface area contributed by atoms with E-state index in [0.717, 1.165) is 12.5 Å². The number of fused-ring (bicyclic) bond motifs is 1. The Balaban J connectivity index is 1.71. The van der Waals surface area contributed by atoms with Crippen molar-refractivity contribution in [1.29, 1.82) is 0 Å². The van der Waals surface area contributed by atoms with E-state index in [1.165, 1.54) is 44.9 Å². The Hall–Kier alpha value is -0.820. The molecule has 0 spiro atoms. The zero-order chi connectivity index (χ0) is 11.5. The fourth-order valence-electron chi connectivity index (χ4n) is 3.56. The number of hydrogen-bond acceptors (Lipinski definition) is 1. The van der Waals surface area contributed by atoms with Gasteiger partial charge in [-0.2, -0.15) is 0 Å². The Morgan fingerprint density at radius 1 is 1.06 bits per heavy atom.